The monoisotopic (exact) mass is 220 g/mol. The Bertz CT molecular complexity index is 518. The summed E-state index contributed by atoms with van der Waals surface area (Å²) in [5.41, 5.74) is 2.74. The number of halogens is 2. The largest absolute Gasteiger partial charge is 0.207 e. The van der Waals surface area contributed by atoms with Crippen LogP contribution in [-0.4, -0.2) is 10.2 Å². The molecule has 0 radical (unpaired) electrons. The molecule has 16 heavy (non-hydrogen) atoms. The Hall–Kier alpha value is -1.84. The summed E-state index contributed by atoms with van der Waals surface area (Å²) in [6.07, 6.45) is 1.62. The van der Waals surface area contributed by atoms with Crippen molar-refractivity contribution in [2.75, 3.05) is 0 Å². The van der Waals surface area contributed by atoms with E-state index in [0.717, 1.165) is 17.2 Å². The third kappa shape index (κ3) is 1.91. The zero-order valence-corrected chi connectivity index (χ0v) is 8.96. The van der Waals surface area contributed by atoms with Crippen LogP contribution in [0.15, 0.2) is 24.4 Å². The average Bonchev–Trinajstić information content (AvgIpc) is 2.20. The lowest BCUT2D eigenvalue weighted by Gasteiger charge is -2.06. The lowest BCUT2D eigenvalue weighted by atomic mass is 10.0. The van der Waals surface area contributed by atoms with Gasteiger partial charge in [-0.3, -0.25) is 0 Å². The molecule has 0 aliphatic rings. The summed E-state index contributed by atoms with van der Waals surface area (Å²) in [6.45, 7) is 3.73. The summed E-state index contributed by atoms with van der Waals surface area (Å²) < 4.78 is 26.1. The molecule has 0 amide bonds. The van der Waals surface area contributed by atoms with Crippen LogP contribution < -0.4 is 0 Å². The molecule has 4 heteroatoms. The van der Waals surface area contributed by atoms with E-state index in [4.69, 9.17) is 0 Å². The van der Waals surface area contributed by atoms with Gasteiger partial charge in [-0.15, -0.1) is 0 Å². The fourth-order valence-corrected chi connectivity index (χ4v) is 1.50. The van der Waals surface area contributed by atoms with Crippen molar-refractivity contribution in [2.45, 2.75) is 13.8 Å². The van der Waals surface area contributed by atoms with Gasteiger partial charge in [0.05, 0.1) is 11.9 Å². The molecule has 2 aromatic rings. The molecule has 0 bridgehead atoms. The number of nitrogens with zero attached hydrogens (tertiary/aromatic N) is 2. The first kappa shape index (κ1) is 10.7. The third-order valence-corrected chi connectivity index (χ3v) is 2.49. The van der Waals surface area contributed by atoms with E-state index in [2.05, 4.69) is 10.2 Å². The fourth-order valence-electron chi connectivity index (χ4n) is 1.50. The van der Waals surface area contributed by atoms with E-state index in [0.29, 0.717) is 11.3 Å². The van der Waals surface area contributed by atoms with E-state index in [-0.39, 0.29) is 0 Å². The molecule has 2 nitrogen and oxygen atoms in total. The Morgan fingerprint density at radius 1 is 1.00 bits per heavy atom. The Labute approximate surface area is 92.0 Å². The van der Waals surface area contributed by atoms with Crippen molar-refractivity contribution in [1.29, 1.82) is 0 Å². The molecule has 0 atom stereocenters. The number of benzene rings is 1. The molecule has 1 aromatic heterocycles. The highest BCUT2D eigenvalue weighted by Crippen LogP contribution is 2.23. The van der Waals surface area contributed by atoms with Gasteiger partial charge in [0, 0.05) is 11.6 Å². The van der Waals surface area contributed by atoms with Crippen molar-refractivity contribution in [2.24, 2.45) is 0 Å². The second-order valence-corrected chi connectivity index (χ2v) is 3.66. The predicted molar refractivity (Wildman–Crippen MR) is 56.9 cm³/mol. The fraction of sp³-hybridized carbons (Fsp3) is 0.167. The molecule has 0 aliphatic heterocycles. The molecule has 0 spiro atoms. The molecular weight excluding hydrogens is 210 g/mol. The minimum absolute atomic E-state index is 0.409. The minimum atomic E-state index is -0.613. The van der Waals surface area contributed by atoms with Crippen LogP contribution in [0.25, 0.3) is 11.3 Å². The van der Waals surface area contributed by atoms with Gasteiger partial charge in [0.2, 0.25) is 0 Å². The van der Waals surface area contributed by atoms with Crippen molar-refractivity contribution in [3.05, 3.63) is 47.2 Å². The summed E-state index contributed by atoms with van der Waals surface area (Å²) in [7, 11) is 0. The smallest absolute Gasteiger partial charge is 0.126 e. The van der Waals surface area contributed by atoms with Crippen molar-refractivity contribution < 1.29 is 8.78 Å². The van der Waals surface area contributed by atoms with Crippen molar-refractivity contribution in [3.63, 3.8) is 0 Å². The van der Waals surface area contributed by atoms with E-state index in [1.54, 1.807) is 6.20 Å². The van der Waals surface area contributed by atoms with Gasteiger partial charge in [-0.1, -0.05) is 0 Å². The molecular formula is C12H10F2N2. The minimum Gasteiger partial charge on any atom is -0.207 e. The molecule has 0 saturated heterocycles. The highest BCUT2D eigenvalue weighted by molar-refractivity contribution is 5.63. The normalized spacial score (nSPS) is 10.5. The summed E-state index contributed by atoms with van der Waals surface area (Å²) >= 11 is 0. The van der Waals surface area contributed by atoms with Crippen molar-refractivity contribution in [1.82, 2.24) is 10.2 Å². The van der Waals surface area contributed by atoms with Crippen LogP contribution in [0.2, 0.25) is 0 Å². The molecule has 82 valence electrons. The molecule has 1 heterocycles. The van der Waals surface area contributed by atoms with Gasteiger partial charge in [0.1, 0.15) is 11.6 Å². The van der Waals surface area contributed by atoms with Crippen LogP contribution in [0.1, 0.15) is 11.1 Å². The molecule has 0 aliphatic carbocycles. The summed E-state index contributed by atoms with van der Waals surface area (Å²) in [5, 5.41) is 7.69. The van der Waals surface area contributed by atoms with Gasteiger partial charge in [-0.2, -0.15) is 10.2 Å². The lowest BCUT2D eigenvalue weighted by molar-refractivity contribution is 0.584. The maximum Gasteiger partial charge on any atom is 0.126 e. The zero-order valence-electron chi connectivity index (χ0n) is 8.96. The van der Waals surface area contributed by atoms with E-state index < -0.39 is 11.6 Å². The first-order valence-corrected chi connectivity index (χ1v) is 4.83. The summed E-state index contributed by atoms with van der Waals surface area (Å²) in [5.74, 6) is -1.23. The average molecular weight is 220 g/mol. The van der Waals surface area contributed by atoms with E-state index >= 15 is 0 Å². The number of rotatable bonds is 1. The molecule has 1 aromatic carbocycles. The Kier molecular flexibility index (Phi) is 2.64. The van der Waals surface area contributed by atoms with Crippen LogP contribution in [0.3, 0.4) is 0 Å². The molecule has 0 saturated carbocycles. The van der Waals surface area contributed by atoms with Crippen molar-refractivity contribution >= 4 is 0 Å². The SMILES string of the molecule is Cc1cnnc(-c2cc(F)cc(F)c2)c1C. The molecule has 0 N–H and O–H groups in total. The maximum absolute atomic E-state index is 13.1. The third-order valence-electron chi connectivity index (χ3n) is 2.49. The number of hydrogen-bond acceptors (Lipinski definition) is 2. The van der Waals surface area contributed by atoms with Crippen LogP contribution >= 0.6 is 0 Å². The second kappa shape index (κ2) is 3.96. The van der Waals surface area contributed by atoms with Gasteiger partial charge >= 0.3 is 0 Å². The second-order valence-electron chi connectivity index (χ2n) is 3.66. The summed E-state index contributed by atoms with van der Waals surface area (Å²) in [4.78, 5) is 0. The van der Waals surface area contributed by atoms with Crippen LogP contribution in [-0.2, 0) is 0 Å². The Morgan fingerprint density at radius 3 is 2.25 bits per heavy atom. The number of aryl methyl sites for hydroxylation is 1. The predicted octanol–water partition coefficient (Wildman–Crippen LogP) is 3.04. The van der Waals surface area contributed by atoms with Crippen LogP contribution in [0, 0.1) is 25.5 Å². The highest BCUT2D eigenvalue weighted by Gasteiger charge is 2.09. The van der Waals surface area contributed by atoms with E-state index in [1.165, 1.54) is 12.1 Å². The molecule has 2 rings (SSSR count). The Morgan fingerprint density at radius 2 is 1.62 bits per heavy atom. The lowest BCUT2D eigenvalue weighted by Crippen LogP contribution is -1.95. The van der Waals surface area contributed by atoms with Gasteiger partial charge in [0.15, 0.2) is 0 Å². The maximum atomic E-state index is 13.1. The highest BCUT2D eigenvalue weighted by atomic mass is 19.1. The first-order chi connectivity index (χ1) is 7.58. The van der Waals surface area contributed by atoms with E-state index in [9.17, 15) is 8.78 Å². The summed E-state index contributed by atoms with van der Waals surface area (Å²) in [6, 6.07) is 3.33. The van der Waals surface area contributed by atoms with Gasteiger partial charge in [0.25, 0.3) is 0 Å². The standard InChI is InChI=1S/C12H10F2N2/c1-7-6-15-16-12(8(7)2)9-3-10(13)5-11(14)4-9/h3-6H,1-2H3. The quantitative estimate of drug-likeness (QED) is 0.738. The van der Waals surface area contributed by atoms with Crippen molar-refractivity contribution in [3.8, 4) is 11.3 Å². The van der Waals surface area contributed by atoms with Crippen LogP contribution in [0.5, 0.6) is 0 Å². The molecule has 0 fully saturated rings. The van der Waals surface area contributed by atoms with Gasteiger partial charge < -0.3 is 0 Å². The van der Waals surface area contributed by atoms with Gasteiger partial charge in [-0.25, -0.2) is 8.78 Å². The van der Waals surface area contributed by atoms with E-state index in [1.807, 2.05) is 13.8 Å². The Balaban J connectivity index is 2.63. The first-order valence-electron chi connectivity index (χ1n) is 4.83. The zero-order chi connectivity index (χ0) is 11.7. The van der Waals surface area contributed by atoms with Crippen LogP contribution in [0.4, 0.5) is 8.78 Å². The topological polar surface area (TPSA) is 25.8 Å². The number of hydrogen-bond donors (Lipinski definition) is 0. The number of aromatic nitrogens is 2. The molecule has 0 unspecified atom stereocenters. The van der Waals surface area contributed by atoms with Gasteiger partial charge in [-0.05, 0) is 37.1 Å².